The van der Waals surface area contributed by atoms with Crippen molar-refractivity contribution in [3.63, 3.8) is 0 Å². The molecule has 3 aliphatic carbocycles. The molecule has 17 heavy (non-hydrogen) atoms. The van der Waals surface area contributed by atoms with Crippen LogP contribution in [0, 0.1) is 34.5 Å². The molecule has 0 aromatic carbocycles. The molecule has 3 fully saturated rings. The van der Waals surface area contributed by atoms with Gasteiger partial charge in [-0.15, -0.1) is 0 Å². The minimum absolute atomic E-state index is 0.00553. The molecular weight excluding hydrogens is 212 g/mol. The van der Waals surface area contributed by atoms with Crippen molar-refractivity contribution < 1.29 is 4.79 Å². The van der Waals surface area contributed by atoms with E-state index in [2.05, 4.69) is 11.4 Å². The van der Waals surface area contributed by atoms with Crippen LogP contribution in [0.4, 0.5) is 0 Å². The highest BCUT2D eigenvalue weighted by Gasteiger charge is 2.45. The molecule has 3 atom stereocenters. The summed E-state index contributed by atoms with van der Waals surface area (Å²) in [5.74, 6) is 2.46. The molecule has 2 bridgehead atoms. The molecular formula is C14H20N2O. The number of hydrogen-bond donors (Lipinski definition) is 1. The van der Waals surface area contributed by atoms with Gasteiger partial charge >= 0.3 is 0 Å². The van der Waals surface area contributed by atoms with Gasteiger partial charge in [0.05, 0.1) is 6.07 Å². The van der Waals surface area contributed by atoms with Gasteiger partial charge in [0.25, 0.3) is 0 Å². The fourth-order valence-electron chi connectivity index (χ4n) is 3.94. The quantitative estimate of drug-likeness (QED) is 0.811. The molecule has 0 radical (unpaired) electrons. The topological polar surface area (TPSA) is 52.9 Å². The second kappa shape index (κ2) is 4.01. The first-order valence-electron chi connectivity index (χ1n) is 6.93. The summed E-state index contributed by atoms with van der Waals surface area (Å²) in [5, 5.41) is 12.1. The third-order valence-electron chi connectivity index (χ3n) is 5.27. The van der Waals surface area contributed by atoms with Crippen molar-refractivity contribution in [2.24, 2.45) is 23.2 Å². The number of hydrogen-bond acceptors (Lipinski definition) is 2. The predicted molar refractivity (Wildman–Crippen MR) is 63.8 cm³/mol. The SMILES string of the molecule is N#CC1(C(=O)NCC2CC3CCC2C3)CCC1. The lowest BCUT2D eigenvalue weighted by molar-refractivity contribution is -0.132. The van der Waals surface area contributed by atoms with Crippen LogP contribution >= 0.6 is 0 Å². The van der Waals surface area contributed by atoms with Crippen LogP contribution in [0.2, 0.25) is 0 Å². The molecule has 0 spiro atoms. The zero-order chi connectivity index (χ0) is 11.9. The fraction of sp³-hybridized carbons (Fsp3) is 0.857. The largest absolute Gasteiger partial charge is 0.354 e. The van der Waals surface area contributed by atoms with Crippen LogP contribution in [-0.4, -0.2) is 12.5 Å². The number of amides is 1. The van der Waals surface area contributed by atoms with Gasteiger partial charge in [0.15, 0.2) is 0 Å². The molecule has 1 amide bonds. The molecule has 3 saturated carbocycles. The van der Waals surface area contributed by atoms with Gasteiger partial charge in [0, 0.05) is 6.54 Å². The third-order valence-corrected chi connectivity index (χ3v) is 5.27. The number of nitrogens with one attached hydrogen (secondary N) is 1. The number of rotatable bonds is 3. The molecule has 3 aliphatic rings. The van der Waals surface area contributed by atoms with Crippen LogP contribution in [0.5, 0.6) is 0 Å². The monoisotopic (exact) mass is 232 g/mol. The van der Waals surface area contributed by atoms with Crippen LogP contribution in [0.15, 0.2) is 0 Å². The summed E-state index contributed by atoms with van der Waals surface area (Å²) in [6, 6.07) is 2.21. The van der Waals surface area contributed by atoms with E-state index in [1.54, 1.807) is 0 Å². The van der Waals surface area contributed by atoms with E-state index in [4.69, 9.17) is 5.26 Å². The Morgan fingerprint density at radius 3 is 2.65 bits per heavy atom. The number of nitrogens with zero attached hydrogens (tertiary/aromatic N) is 1. The van der Waals surface area contributed by atoms with Crippen molar-refractivity contribution in [2.45, 2.75) is 44.9 Å². The van der Waals surface area contributed by atoms with Gasteiger partial charge in [-0.25, -0.2) is 0 Å². The van der Waals surface area contributed by atoms with Crippen LogP contribution in [0.1, 0.15) is 44.9 Å². The highest BCUT2D eigenvalue weighted by atomic mass is 16.2. The normalized spacial score (nSPS) is 37.2. The Morgan fingerprint density at radius 1 is 1.35 bits per heavy atom. The highest BCUT2D eigenvalue weighted by Crippen LogP contribution is 2.48. The smallest absolute Gasteiger partial charge is 0.240 e. The zero-order valence-electron chi connectivity index (χ0n) is 10.2. The molecule has 3 nitrogen and oxygen atoms in total. The first kappa shape index (κ1) is 11.1. The van der Waals surface area contributed by atoms with E-state index in [1.165, 1.54) is 25.7 Å². The van der Waals surface area contributed by atoms with Crippen molar-refractivity contribution in [1.29, 1.82) is 5.26 Å². The van der Waals surface area contributed by atoms with Gasteiger partial charge in [0.2, 0.25) is 5.91 Å². The van der Waals surface area contributed by atoms with E-state index in [-0.39, 0.29) is 5.91 Å². The first-order chi connectivity index (χ1) is 8.23. The summed E-state index contributed by atoms with van der Waals surface area (Å²) in [6.07, 6.45) is 7.97. The minimum atomic E-state index is -0.669. The summed E-state index contributed by atoms with van der Waals surface area (Å²) in [6.45, 7) is 0.809. The lowest BCUT2D eigenvalue weighted by atomic mass is 9.69. The molecule has 3 rings (SSSR count). The van der Waals surface area contributed by atoms with Gasteiger partial charge < -0.3 is 5.32 Å². The Hall–Kier alpha value is -1.04. The lowest BCUT2D eigenvalue weighted by Crippen LogP contribution is -2.46. The van der Waals surface area contributed by atoms with Crippen LogP contribution in [0.3, 0.4) is 0 Å². The molecule has 3 heteroatoms. The Balaban J connectivity index is 1.52. The van der Waals surface area contributed by atoms with Crippen LogP contribution < -0.4 is 5.32 Å². The standard InChI is InChI=1S/C14H20N2O/c15-9-14(4-1-5-14)13(17)16-8-12-7-10-2-3-11(12)6-10/h10-12H,1-8H2,(H,16,17). The van der Waals surface area contributed by atoms with Gasteiger partial charge in [-0.2, -0.15) is 5.26 Å². The van der Waals surface area contributed by atoms with E-state index >= 15 is 0 Å². The Kier molecular flexibility index (Phi) is 2.61. The molecule has 0 aromatic rings. The summed E-state index contributed by atoms with van der Waals surface area (Å²) in [5.41, 5.74) is -0.669. The Labute approximate surface area is 103 Å². The van der Waals surface area contributed by atoms with Crippen molar-refractivity contribution >= 4 is 5.91 Å². The molecule has 0 heterocycles. The summed E-state index contributed by atoms with van der Waals surface area (Å²) in [7, 11) is 0. The second-order valence-corrected chi connectivity index (χ2v) is 6.19. The van der Waals surface area contributed by atoms with E-state index < -0.39 is 5.41 Å². The van der Waals surface area contributed by atoms with Gasteiger partial charge in [-0.3, -0.25) is 4.79 Å². The molecule has 0 saturated heterocycles. The van der Waals surface area contributed by atoms with Gasteiger partial charge in [0.1, 0.15) is 5.41 Å². The maximum absolute atomic E-state index is 12.0. The maximum Gasteiger partial charge on any atom is 0.240 e. The molecule has 1 N–H and O–H groups in total. The number of carbonyl (C=O) groups excluding carboxylic acids is 1. The van der Waals surface area contributed by atoms with Crippen molar-refractivity contribution in [2.75, 3.05) is 6.54 Å². The average molecular weight is 232 g/mol. The third kappa shape index (κ3) is 1.74. The van der Waals surface area contributed by atoms with E-state index in [0.717, 1.165) is 37.6 Å². The van der Waals surface area contributed by atoms with Crippen LogP contribution in [0.25, 0.3) is 0 Å². The minimum Gasteiger partial charge on any atom is -0.354 e. The molecule has 3 unspecified atom stereocenters. The van der Waals surface area contributed by atoms with Crippen molar-refractivity contribution in [3.8, 4) is 6.07 Å². The summed E-state index contributed by atoms with van der Waals surface area (Å²) >= 11 is 0. The second-order valence-electron chi connectivity index (χ2n) is 6.19. The summed E-state index contributed by atoms with van der Waals surface area (Å²) < 4.78 is 0. The van der Waals surface area contributed by atoms with E-state index in [1.807, 2.05) is 0 Å². The van der Waals surface area contributed by atoms with E-state index in [9.17, 15) is 4.79 Å². The number of carbonyl (C=O) groups is 1. The average Bonchev–Trinajstić information content (AvgIpc) is 2.87. The lowest BCUT2D eigenvalue weighted by Gasteiger charge is -2.34. The van der Waals surface area contributed by atoms with Gasteiger partial charge in [-0.1, -0.05) is 6.42 Å². The summed E-state index contributed by atoms with van der Waals surface area (Å²) in [4.78, 5) is 12.0. The molecule has 0 aromatic heterocycles. The van der Waals surface area contributed by atoms with E-state index in [0.29, 0.717) is 5.92 Å². The fourth-order valence-corrected chi connectivity index (χ4v) is 3.94. The zero-order valence-corrected chi connectivity index (χ0v) is 10.2. The van der Waals surface area contributed by atoms with Crippen LogP contribution in [-0.2, 0) is 4.79 Å². The van der Waals surface area contributed by atoms with Crippen molar-refractivity contribution in [3.05, 3.63) is 0 Å². The van der Waals surface area contributed by atoms with Crippen molar-refractivity contribution in [1.82, 2.24) is 5.32 Å². The maximum atomic E-state index is 12.0. The first-order valence-corrected chi connectivity index (χ1v) is 6.93. The highest BCUT2D eigenvalue weighted by molar-refractivity contribution is 5.86. The predicted octanol–water partition coefficient (Wildman–Crippen LogP) is 2.23. The van der Waals surface area contributed by atoms with Gasteiger partial charge in [-0.05, 0) is 56.3 Å². The Morgan fingerprint density at radius 2 is 2.18 bits per heavy atom. The molecule has 0 aliphatic heterocycles. The number of fused-ring (bicyclic) bond motifs is 2. The molecule has 92 valence electrons. The number of nitriles is 1. The Bertz CT molecular complexity index is 367.